The molecule has 0 unspecified atom stereocenters. The van der Waals surface area contributed by atoms with Gasteiger partial charge in [0.2, 0.25) is 0 Å². The molecule has 0 radical (unpaired) electrons. The van der Waals surface area contributed by atoms with Crippen LogP contribution in [0.4, 0.5) is 5.82 Å². The van der Waals surface area contributed by atoms with Gasteiger partial charge < -0.3 is 10.2 Å². The molecule has 0 saturated heterocycles. The van der Waals surface area contributed by atoms with Crippen LogP contribution in [0.3, 0.4) is 0 Å². The number of halogens is 1. The summed E-state index contributed by atoms with van der Waals surface area (Å²) < 4.78 is 0. The molecule has 1 aliphatic carbocycles. The van der Waals surface area contributed by atoms with Gasteiger partial charge >= 0.3 is 0 Å². The molecule has 19 heavy (non-hydrogen) atoms. The molecular weight excluding hydrogens is 260 g/mol. The van der Waals surface area contributed by atoms with E-state index in [1.165, 1.54) is 32.0 Å². The predicted octanol–water partition coefficient (Wildman–Crippen LogP) is 2.98. The van der Waals surface area contributed by atoms with Crippen molar-refractivity contribution in [1.29, 1.82) is 0 Å². The molecule has 1 aromatic heterocycles. The summed E-state index contributed by atoms with van der Waals surface area (Å²) in [7, 11) is 4.33. The molecule has 106 valence electrons. The minimum absolute atomic E-state index is 0.252. The number of rotatable bonds is 5. The van der Waals surface area contributed by atoms with Gasteiger partial charge in [0.25, 0.3) is 0 Å². The second-order valence-corrected chi connectivity index (χ2v) is 5.88. The van der Waals surface area contributed by atoms with Crippen LogP contribution in [-0.4, -0.2) is 41.0 Å². The summed E-state index contributed by atoms with van der Waals surface area (Å²) in [5, 5.41) is 4.05. The number of nitrogens with zero attached hydrogens (tertiary/aromatic N) is 3. The highest BCUT2D eigenvalue weighted by Gasteiger charge is 2.35. The average Bonchev–Trinajstić information content (AvgIpc) is 2.86. The van der Waals surface area contributed by atoms with Crippen LogP contribution >= 0.6 is 11.6 Å². The van der Waals surface area contributed by atoms with E-state index >= 15 is 0 Å². The Bertz CT molecular complexity index is 427. The topological polar surface area (TPSA) is 41.1 Å². The van der Waals surface area contributed by atoms with Gasteiger partial charge in [0, 0.05) is 17.6 Å². The maximum atomic E-state index is 6.12. The molecule has 0 atom stereocenters. The fourth-order valence-electron chi connectivity index (χ4n) is 2.92. The lowest BCUT2D eigenvalue weighted by atomic mass is 9.96. The van der Waals surface area contributed by atoms with Crippen LogP contribution < -0.4 is 5.32 Å². The number of hydrogen-bond donors (Lipinski definition) is 1. The van der Waals surface area contributed by atoms with Crippen molar-refractivity contribution in [3.63, 3.8) is 0 Å². The van der Waals surface area contributed by atoms with E-state index in [4.69, 9.17) is 11.6 Å². The van der Waals surface area contributed by atoms with Crippen LogP contribution in [0.15, 0.2) is 6.33 Å². The van der Waals surface area contributed by atoms with E-state index in [1.54, 1.807) is 0 Å². The van der Waals surface area contributed by atoms with E-state index in [1.807, 2.05) is 0 Å². The summed E-state index contributed by atoms with van der Waals surface area (Å²) in [5.74, 6) is 0.885. The first-order valence-corrected chi connectivity index (χ1v) is 7.37. The molecule has 2 rings (SSSR count). The molecule has 0 bridgehead atoms. The van der Waals surface area contributed by atoms with Crippen LogP contribution in [0, 0.1) is 0 Å². The third-order valence-electron chi connectivity index (χ3n) is 4.31. The normalized spacial score (nSPS) is 17.9. The van der Waals surface area contributed by atoms with Crippen LogP contribution in [0.25, 0.3) is 0 Å². The Morgan fingerprint density at radius 3 is 2.58 bits per heavy atom. The van der Waals surface area contributed by atoms with Gasteiger partial charge in [-0.05, 0) is 33.4 Å². The lowest BCUT2D eigenvalue weighted by molar-refractivity contribution is 0.172. The van der Waals surface area contributed by atoms with Crippen LogP contribution in [0.2, 0.25) is 5.15 Å². The van der Waals surface area contributed by atoms with E-state index in [-0.39, 0.29) is 5.54 Å². The van der Waals surface area contributed by atoms with E-state index < -0.39 is 0 Å². The Hall–Kier alpha value is -0.870. The van der Waals surface area contributed by atoms with E-state index in [0.29, 0.717) is 5.15 Å². The largest absolute Gasteiger partial charge is 0.368 e. The first kappa shape index (κ1) is 14.5. The van der Waals surface area contributed by atoms with Gasteiger partial charge in [-0.25, -0.2) is 9.97 Å². The number of anilines is 1. The fraction of sp³-hybridized carbons (Fsp3) is 0.714. The second-order valence-electron chi connectivity index (χ2n) is 5.52. The van der Waals surface area contributed by atoms with Crippen molar-refractivity contribution >= 4 is 17.4 Å². The summed E-state index contributed by atoms with van der Waals surface area (Å²) in [6.45, 7) is 2.99. The number of likely N-dealkylation sites (N-methyl/N-ethyl adjacent to an activating group) is 1. The zero-order valence-electron chi connectivity index (χ0n) is 12.0. The smallest absolute Gasteiger partial charge is 0.137 e. The molecule has 1 fully saturated rings. The van der Waals surface area contributed by atoms with Gasteiger partial charge in [0.05, 0.1) is 0 Å². The Morgan fingerprint density at radius 1 is 1.32 bits per heavy atom. The Balaban J connectivity index is 2.12. The standard InChI is InChI=1S/C14H23ClN4/c1-4-11-12(15)17-10-18-13(11)16-9-14(19(2)3)7-5-6-8-14/h10H,4-9H2,1-3H3,(H,16,17,18). The van der Waals surface area contributed by atoms with Crippen LogP contribution in [0.5, 0.6) is 0 Å². The van der Waals surface area contributed by atoms with Gasteiger partial charge in [-0.1, -0.05) is 31.4 Å². The van der Waals surface area contributed by atoms with E-state index in [9.17, 15) is 0 Å². The summed E-state index contributed by atoms with van der Waals surface area (Å²) in [6, 6.07) is 0. The highest BCUT2D eigenvalue weighted by atomic mass is 35.5. The molecular formula is C14H23ClN4. The highest BCUT2D eigenvalue weighted by molar-refractivity contribution is 6.30. The second kappa shape index (κ2) is 6.06. The summed E-state index contributed by atoms with van der Waals surface area (Å²) in [6.07, 6.45) is 7.48. The van der Waals surface area contributed by atoms with E-state index in [0.717, 1.165) is 24.3 Å². The van der Waals surface area contributed by atoms with Crippen LogP contribution in [0.1, 0.15) is 38.2 Å². The lowest BCUT2D eigenvalue weighted by Crippen LogP contribution is -2.47. The third-order valence-corrected chi connectivity index (χ3v) is 4.64. The summed E-state index contributed by atoms with van der Waals surface area (Å²) in [5.41, 5.74) is 1.26. The number of nitrogens with one attached hydrogen (secondary N) is 1. The molecule has 1 aliphatic rings. The molecule has 0 amide bonds. The minimum Gasteiger partial charge on any atom is -0.368 e. The monoisotopic (exact) mass is 282 g/mol. The fourth-order valence-corrected chi connectivity index (χ4v) is 3.19. The molecule has 0 aliphatic heterocycles. The highest BCUT2D eigenvalue weighted by Crippen LogP contribution is 2.34. The van der Waals surface area contributed by atoms with Crippen molar-refractivity contribution in [2.24, 2.45) is 0 Å². The van der Waals surface area contributed by atoms with Crippen LogP contribution in [-0.2, 0) is 6.42 Å². The molecule has 1 saturated carbocycles. The molecule has 1 heterocycles. The van der Waals surface area contributed by atoms with Crippen molar-refractivity contribution in [1.82, 2.24) is 14.9 Å². The molecule has 0 spiro atoms. The Kier molecular flexibility index (Phi) is 4.63. The SMILES string of the molecule is CCc1c(Cl)ncnc1NCC1(N(C)C)CCCC1. The van der Waals surface area contributed by atoms with Crippen molar-refractivity contribution < 1.29 is 0 Å². The average molecular weight is 283 g/mol. The third kappa shape index (κ3) is 3.00. The molecule has 4 nitrogen and oxygen atoms in total. The van der Waals surface area contributed by atoms with Gasteiger partial charge in [0.1, 0.15) is 17.3 Å². The van der Waals surface area contributed by atoms with Crippen molar-refractivity contribution in [3.05, 3.63) is 17.0 Å². The lowest BCUT2D eigenvalue weighted by Gasteiger charge is -2.36. The molecule has 1 N–H and O–H groups in total. The zero-order valence-corrected chi connectivity index (χ0v) is 12.8. The summed E-state index contributed by atoms with van der Waals surface area (Å²) in [4.78, 5) is 10.7. The van der Waals surface area contributed by atoms with Gasteiger partial charge in [-0.15, -0.1) is 0 Å². The molecule has 0 aromatic carbocycles. The first-order chi connectivity index (χ1) is 9.09. The number of aromatic nitrogens is 2. The van der Waals surface area contributed by atoms with Crippen molar-refractivity contribution in [2.75, 3.05) is 26.0 Å². The van der Waals surface area contributed by atoms with Crippen molar-refractivity contribution in [3.8, 4) is 0 Å². The molecule has 5 heteroatoms. The maximum absolute atomic E-state index is 6.12. The molecule has 1 aromatic rings. The maximum Gasteiger partial charge on any atom is 0.137 e. The van der Waals surface area contributed by atoms with Gasteiger partial charge in [-0.2, -0.15) is 0 Å². The van der Waals surface area contributed by atoms with Crippen molar-refractivity contribution in [2.45, 2.75) is 44.6 Å². The summed E-state index contributed by atoms with van der Waals surface area (Å²) >= 11 is 6.12. The van der Waals surface area contributed by atoms with Gasteiger partial charge in [0.15, 0.2) is 0 Å². The zero-order chi connectivity index (χ0) is 13.9. The number of hydrogen-bond acceptors (Lipinski definition) is 4. The Morgan fingerprint density at radius 2 is 2.00 bits per heavy atom. The van der Waals surface area contributed by atoms with E-state index in [2.05, 4.69) is 41.2 Å². The minimum atomic E-state index is 0.252. The van der Waals surface area contributed by atoms with Gasteiger partial charge in [-0.3, -0.25) is 0 Å². The quantitative estimate of drug-likeness (QED) is 0.843. The Labute approximate surface area is 120 Å². The first-order valence-electron chi connectivity index (χ1n) is 7.00. The predicted molar refractivity (Wildman–Crippen MR) is 79.8 cm³/mol.